The molecular formula is C10H18ClN3O. The minimum Gasteiger partial charge on any atom is -0.348 e. The third-order valence-corrected chi connectivity index (χ3v) is 2.19. The Bertz CT molecular complexity index is 237. The third kappa shape index (κ3) is 6.32. The van der Waals surface area contributed by atoms with Crippen LogP contribution in [0.3, 0.4) is 0 Å². The van der Waals surface area contributed by atoms with Gasteiger partial charge in [0.2, 0.25) is 5.91 Å². The Balaban J connectivity index is 4.16. The van der Waals surface area contributed by atoms with E-state index in [4.69, 9.17) is 16.9 Å². The van der Waals surface area contributed by atoms with E-state index >= 15 is 0 Å². The minimum atomic E-state index is -0.550. The topological polar surface area (TPSA) is 47.3 Å². The summed E-state index contributed by atoms with van der Waals surface area (Å²) in [7, 11) is 3.43. The van der Waals surface area contributed by atoms with Gasteiger partial charge in [0.05, 0.1) is 12.6 Å². The lowest BCUT2D eigenvalue weighted by atomic mass is 10.3. The summed E-state index contributed by atoms with van der Waals surface area (Å²) in [5, 5.41) is 8.04. The number of amides is 1. The average Bonchev–Trinajstić information content (AvgIpc) is 2.17. The predicted molar refractivity (Wildman–Crippen MR) is 60.7 cm³/mol. The molecule has 0 aromatic carbocycles. The molecule has 0 aromatic heterocycles. The molecule has 0 heterocycles. The van der Waals surface area contributed by atoms with Gasteiger partial charge in [-0.15, -0.1) is 11.6 Å². The number of alkyl halides is 1. The van der Waals surface area contributed by atoms with E-state index in [1.807, 2.05) is 17.9 Å². The van der Waals surface area contributed by atoms with Crippen molar-refractivity contribution in [2.45, 2.75) is 18.7 Å². The molecule has 1 atom stereocenters. The molecule has 0 saturated carbocycles. The maximum atomic E-state index is 11.5. The van der Waals surface area contributed by atoms with Crippen molar-refractivity contribution in [2.75, 3.05) is 33.7 Å². The van der Waals surface area contributed by atoms with Gasteiger partial charge in [0.1, 0.15) is 5.38 Å². The van der Waals surface area contributed by atoms with Crippen LogP contribution in [-0.2, 0) is 4.79 Å². The highest BCUT2D eigenvalue weighted by molar-refractivity contribution is 6.22. The van der Waals surface area contributed by atoms with Gasteiger partial charge in [0, 0.05) is 20.6 Å². The Morgan fingerprint density at radius 2 is 2.13 bits per heavy atom. The van der Waals surface area contributed by atoms with E-state index < -0.39 is 5.38 Å². The van der Waals surface area contributed by atoms with Gasteiger partial charge in [-0.25, -0.2) is 0 Å². The van der Waals surface area contributed by atoms with E-state index in [1.165, 1.54) is 4.90 Å². The molecule has 1 unspecified atom stereocenters. The van der Waals surface area contributed by atoms with Crippen molar-refractivity contribution in [2.24, 2.45) is 0 Å². The van der Waals surface area contributed by atoms with Crippen LogP contribution in [-0.4, -0.2) is 54.8 Å². The Hall–Kier alpha value is -0.790. The summed E-state index contributed by atoms with van der Waals surface area (Å²) in [5.74, 6) is 0.0326. The van der Waals surface area contributed by atoms with Crippen molar-refractivity contribution in [3.05, 3.63) is 0 Å². The van der Waals surface area contributed by atoms with Gasteiger partial charge in [-0.1, -0.05) is 6.92 Å². The maximum Gasteiger partial charge on any atom is 0.236 e. The predicted octanol–water partition coefficient (Wildman–Crippen LogP) is 0.918. The zero-order chi connectivity index (χ0) is 11.8. The lowest BCUT2D eigenvalue weighted by Gasteiger charge is -2.23. The molecule has 0 N–H and O–H groups in total. The Morgan fingerprint density at radius 3 is 2.53 bits per heavy atom. The van der Waals surface area contributed by atoms with Gasteiger partial charge in [0.25, 0.3) is 0 Å². The van der Waals surface area contributed by atoms with Gasteiger partial charge in [-0.2, -0.15) is 5.26 Å². The molecule has 0 aliphatic rings. The standard InChI is InChI=1S/C10H18ClN3O/c1-4-5-14(7-9(11)6-12)8-10(15)13(2)3/h9H,4-5,7-8H2,1-3H3. The van der Waals surface area contributed by atoms with Crippen LogP contribution in [0.4, 0.5) is 0 Å². The van der Waals surface area contributed by atoms with E-state index in [0.29, 0.717) is 13.1 Å². The second-order valence-electron chi connectivity index (χ2n) is 3.62. The lowest BCUT2D eigenvalue weighted by molar-refractivity contribution is -0.129. The first-order chi connectivity index (χ1) is 7.01. The van der Waals surface area contributed by atoms with Gasteiger partial charge in [-0.3, -0.25) is 9.69 Å². The fourth-order valence-corrected chi connectivity index (χ4v) is 1.35. The van der Waals surface area contributed by atoms with Crippen LogP contribution in [0.15, 0.2) is 0 Å². The highest BCUT2D eigenvalue weighted by Crippen LogP contribution is 2.00. The number of carbonyl (C=O) groups is 1. The summed E-state index contributed by atoms with van der Waals surface area (Å²) in [4.78, 5) is 14.9. The monoisotopic (exact) mass is 231 g/mol. The van der Waals surface area contributed by atoms with Crippen LogP contribution in [0.5, 0.6) is 0 Å². The van der Waals surface area contributed by atoms with Crippen molar-refractivity contribution >= 4 is 17.5 Å². The number of hydrogen-bond donors (Lipinski definition) is 0. The quantitative estimate of drug-likeness (QED) is 0.639. The molecule has 0 aromatic rings. The van der Waals surface area contributed by atoms with Gasteiger partial charge in [0.15, 0.2) is 0 Å². The van der Waals surface area contributed by atoms with Gasteiger partial charge >= 0.3 is 0 Å². The molecular weight excluding hydrogens is 214 g/mol. The van der Waals surface area contributed by atoms with Crippen LogP contribution >= 0.6 is 11.6 Å². The SMILES string of the molecule is CCCN(CC(=O)N(C)C)CC(Cl)C#N. The molecule has 0 radical (unpaired) electrons. The molecule has 0 fully saturated rings. The van der Waals surface area contributed by atoms with Crippen molar-refractivity contribution in [1.82, 2.24) is 9.80 Å². The fourth-order valence-electron chi connectivity index (χ4n) is 1.15. The van der Waals surface area contributed by atoms with Crippen molar-refractivity contribution < 1.29 is 4.79 Å². The lowest BCUT2D eigenvalue weighted by Crippen LogP contribution is -2.39. The normalized spacial score (nSPS) is 12.3. The summed E-state index contributed by atoms with van der Waals surface area (Å²) in [6, 6.07) is 1.96. The van der Waals surface area contributed by atoms with E-state index in [0.717, 1.165) is 13.0 Å². The van der Waals surface area contributed by atoms with E-state index in [-0.39, 0.29) is 5.91 Å². The van der Waals surface area contributed by atoms with Crippen LogP contribution in [0.1, 0.15) is 13.3 Å². The van der Waals surface area contributed by atoms with Gasteiger partial charge in [-0.05, 0) is 13.0 Å². The maximum absolute atomic E-state index is 11.5. The highest BCUT2D eigenvalue weighted by atomic mass is 35.5. The van der Waals surface area contributed by atoms with Crippen molar-refractivity contribution in [1.29, 1.82) is 5.26 Å². The first-order valence-corrected chi connectivity index (χ1v) is 5.41. The first kappa shape index (κ1) is 14.2. The number of nitriles is 1. The molecule has 0 aliphatic carbocycles. The number of halogens is 1. The van der Waals surface area contributed by atoms with Crippen molar-refractivity contribution in [3.8, 4) is 6.07 Å². The van der Waals surface area contributed by atoms with E-state index in [1.54, 1.807) is 14.1 Å². The Kier molecular flexibility index (Phi) is 7.10. The second kappa shape index (κ2) is 7.49. The summed E-state index contributed by atoms with van der Waals surface area (Å²) >= 11 is 5.73. The largest absolute Gasteiger partial charge is 0.348 e. The zero-order valence-corrected chi connectivity index (χ0v) is 10.3. The minimum absolute atomic E-state index is 0.0326. The third-order valence-electron chi connectivity index (χ3n) is 1.96. The van der Waals surface area contributed by atoms with Crippen LogP contribution in [0.2, 0.25) is 0 Å². The fraction of sp³-hybridized carbons (Fsp3) is 0.800. The summed E-state index contributed by atoms with van der Waals surface area (Å²) in [6.07, 6.45) is 0.940. The van der Waals surface area contributed by atoms with Crippen molar-refractivity contribution in [3.63, 3.8) is 0 Å². The summed E-state index contributed by atoms with van der Waals surface area (Å²) in [6.45, 7) is 3.57. The Labute approximate surface area is 96.4 Å². The average molecular weight is 232 g/mol. The number of rotatable bonds is 6. The number of carbonyl (C=O) groups excluding carboxylic acids is 1. The number of nitrogens with zero attached hydrogens (tertiary/aromatic N) is 3. The number of hydrogen-bond acceptors (Lipinski definition) is 3. The molecule has 4 nitrogen and oxygen atoms in total. The highest BCUT2D eigenvalue weighted by Gasteiger charge is 2.14. The number of likely N-dealkylation sites (N-methyl/N-ethyl adjacent to an activating group) is 1. The van der Waals surface area contributed by atoms with Gasteiger partial charge < -0.3 is 4.90 Å². The second-order valence-corrected chi connectivity index (χ2v) is 4.15. The summed E-state index contributed by atoms with van der Waals surface area (Å²) in [5.41, 5.74) is 0. The Morgan fingerprint density at radius 1 is 1.53 bits per heavy atom. The first-order valence-electron chi connectivity index (χ1n) is 4.97. The van der Waals surface area contributed by atoms with Crippen LogP contribution in [0, 0.1) is 11.3 Å². The molecule has 0 spiro atoms. The molecule has 0 saturated heterocycles. The summed E-state index contributed by atoms with van der Waals surface area (Å²) < 4.78 is 0. The van der Waals surface area contributed by atoms with Crippen LogP contribution < -0.4 is 0 Å². The van der Waals surface area contributed by atoms with E-state index in [2.05, 4.69) is 0 Å². The smallest absolute Gasteiger partial charge is 0.236 e. The molecule has 0 aliphatic heterocycles. The van der Waals surface area contributed by atoms with E-state index in [9.17, 15) is 4.79 Å². The molecule has 86 valence electrons. The molecule has 15 heavy (non-hydrogen) atoms. The molecule has 0 bridgehead atoms. The molecule has 5 heteroatoms. The molecule has 0 rings (SSSR count). The van der Waals surface area contributed by atoms with Crippen LogP contribution in [0.25, 0.3) is 0 Å². The zero-order valence-electron chi connectivity index (χ0n) is 9.53. The molecule has 1 amide bonds.